The highest BCUT2D eigenvalue weighted by atomic mass is 16.7. The van der Waals surface area contributed by atoms with Crippen LogP contribution in [-0.4, -0.2) is 29.5 Å². The number of amides is 2. The first-order valence-electron chi connectivity index (χ1n) is 9.50. The fourth-order valence-electron chi connectivity index (χ4n) is 2.97. The van der Waals surface area contributed by atoms with Gasteiger partial charge in [0.25, 0.3) is 11.8 Å². The molecule has 0 saturated carbocycles. The summed E-state index contributed by atoms with van der Waals surface area (Å²) in [6, 6.07) is 13.5. The molecule has 1 aliphatic heterocycles. The molecule has 0 saturated heterocycles. The van der Waals surface area contributed by atoms with Gasteiger partial charge in [-0.3, -0.25) is 9.59 Å². The molecule has 2 aromatic carbocycles. The minimum absolute atomic E-state index is 0.0514. The van der Waals surface area contributed by atoms with Crippen molar-refractivity contribution in [2.75, 3.05) is 6.61 Å². The summed E-state index contributed by atoms with van der Waals surface area (Å²) in [5, 5.41) is 0.529. The summed E-state index contributed by atoms with van der Waals surface area (Å²) in [7, 11) is 0. The molecule has 0 bridgehead atoms. The monoisotopic (exact) mass is 381 g/mol. The molecule has 146 valence electrons. The standard InChI is InChI=1S/C22H23NO5/c1-2-3-4-7-14-27-17-12-10-16(11-13-17)15-20(24)28-23-21(25)18-8-5-6-9-19(18)22(23)26/h5-6,8-13H,2-4,7,14-15H2,1H3. The van der Waals surface area contributed by atoms with Crippen molar-refractivity contribution in [1.82, 2.24) is 5.06 Å². The van der Waals surface area contributed by atoms with E-state index < -0.39 is 17.8 Å². The molecule has 3 rings (SSSR count). The van der Waals surface area contributed by atoms with Crippen molar-refractivity contribution in [2.24, 2.45) is 0 Å². The Morgan fingerprint density at radius 1 is 0.893 bits per heavy atom. The van der Waals surface area contributed by atoms with Gasteiger partial charge in [0.1, 0.15) is 5.75 Å². The zero-order valence-electron chi connectivity index (χ0n) is 15.8. The van der Waals surface area contributed by atoms with Crippen LogP contribution in [0.1, 0.15) is 58.9 Å². The molecule has 0 unspecified atom stereocenters. The summed E-state index contributed by atoms with van der Waals surface area (Å²) in [6.45, 7) is 2.83. The average molecular weight is 381 g/mol. The third kappa shape index (κ3) is 4.57. The van der Waals surface area contributed by atoms with E-state index in [1.165, 1.54) is 25.0 Å². The van der Waals surface area contributed by atoms with Crippen LogP contribution < -0.4 is 4.74 Å². The van der Waals surface area contributed by atoms with Crippen LogP contribution in [0.2, 0.25) is 0 Å². The summed E-state index contributed by atoms with van der Waals surface area (Å²) in [5.41, 5.74) is 1.18. The lowest BCUT2D eigenvalue weighted by Crippen LogP contribution is -2.33. The maximum Gasteiger partial charge on any atom is 0.337 e. The van der Waals surface area contributed by atoms with Crippen LogP contribution in [0.15, 0.2) is 48.5 Å². The first kappa shape index (κ1) is 19.6. The number of unbranched alkanes of at least 4 members (excludes halogenated alkanes) is 3. The van der Waals surface area contributed by atoms with Crippen LogP contribution in [0.3, 0.4) is 0 Å². The number of hydrogen-bond acceptors (Lipinski definition) is 5. The van der Waals surface area contributed by atoms with Gasteiger partial charge in [-0.1, -0.05) is 55.5 Å². The van der Waals surface area contributed by atoms with Crippen LogP contribution in [0.25, 0.3) is 0 Å². The Labute approximate surface area is 164 Å². The van der Waals surface area contributed by atoms with Crippen LogP contribution >= 0.6 is 0 Å². The van der Waals surface area contributed by atoms with E-state index in [1.54, 1.807) is 36.4 Å². The molecule has 0 N–H and O–H groups in total. The first-order valence-corrected chi connectivity index (χ1v) is 9.50. The minimum Gasteiger partial charge on any atom is -0.494 e. The van der Waals surface area contributed by atoms with Crippen molar-refractivity contribution in [3.63, 3.8) is 0 Å². The lowest BCUT2D eigenvalue weighted by molar-refractivity contribution is -0.167. The van der Waals surface area contributed by atoms with Gasteiger partial charge in [-0.25, -0.2) is 4.79 Å². The van der Waals surface area contributed by atoms with Gasteiger partial charge >= 0.3 is 5.97 Å². The molecular weight excluding hydrogens is 358 g/mol. The van der Waals surface area contributed by atoms with Crippen molar-refractivity contribution in [3.05, 3.63) is 65.2 Å². The van der Waals surface area contributed by atoms with E-state index in [0.29, 0.717) is 17.2 Å². The van der Waals surface area contributed by atoms with Crippen LogP contribution in [0, 0.1) is 0 Å². The van der Waals surface area contributed by atoms with Gasteiger partial charge in [0.15, 0.2) is 0 Å². The minimum atomic E-state index is -0.678. The molecule has 2 aromatic rings. The quantitative estimate of drug-likeness (QED) is 0.486. The Morgan fingerprint density at radius 3 is 2.14 bits per heavy atom. The zero-order valence-corrected chi connectivity index (χ0v) is 15.8. The van der Waals surface area contributed by atoms with Crippen molar-refractivity contribution in [3.8, 4) is 5.75 Å². The van der Waals surface area contributed by atoms with Crippen molar-refractivity contribution in [2.45, 2.75) is 39.0 Å². The fraction of sp³-hybridized carbons (Fsp3) is 0.318. The largest absolute Gasteiger partial charge is 0.494 e. The van der Waals surface area contributed by atoms with E-state index >= 15 is 0 Å². The number of carbonyl (C=O) groups is 3. The SMILES string of the molecule is CCCCCCOc1ccc(CC(=O)ON2C(=O)c3ccccc3C2=O)cc1. The molecule has 6 heteroatoms. The Bertz CT molecular complexity index is 824. The number of hydroxylamine groups is 2. The summed E-state index contributed by atoms with van der Waals surface area (Å²) < 4.78 is 5.67. The van der Waals surface area contributed by atoms with Crippen LogP contribution in [0.4, 0.5) is 0 Å². The van der Waals surface area contributed by atoms with Crippen LogP contribution in [0.5, 0.6) is 5.75 Å². The second-order valence-electron chi connectivity index (χ2n) is 6.64. The average Bonchev–Trinajstić information content (AvgIpc) is 2.94. The Kier molecular flexibility index (Phi) is 6.42. The molecule has 28 heavy (non-hydrogen) atoms. The number of rotatable bonds is 9. The Hall–Kier alpha value is -3.15. The lowest BCUT2D eigenvalue weighted by atomic mass is 10.1. The van der Waals surface area contributed by atoms with Gasteiger partial charge in [0.2, 0.25) is 0 Å². The van der Waals surface area contributed by atoms with E-state index in [2.05, 4.69) is 6.92 Å². The molecule has 0 radical (unpaired) electrons. The van der Waals surface area contributed by atoms with Gasteiger partial charge < -0.3 is 9.57 Å². The van der Waals surface area contributed by atoms with Gasteiger partial charge in [-0.15, -0.1) is 0 Å². The molecule has 1 heterocycles. The van der Waals surface area contributed by atoms with Crippen LogP contribution in [-0.2, 0) is 16.1 Å². The summed E-state index contributed by atoms with van der Waals surface area (Å²) in [5.74, 6) is -1.18. The van der Waals surface area contributed by atoms with E-state index in [0.717, 1.165) is 18.6 Å². The predicted octanol–water partition coefficient (Wildman–Crippen LogP) is 3.94. The third-order valence-corrected chi connectivity index (χ3v) is 4.49. The number of benzene rings is 2. The van der Waals surface area contributed by atoms with Gasteiger partial charge in [0, 0.05) is 0 Å². The fourth-order valence-corrected chi connectivity index (χ4v) is 2.97. The summed E-state index contributed by atoms with van der Waals surface area (Å²) >= 11 is 0. The second kappa shape index (κ2) is 9.17. The molecular formula is C22H23NO5. The molecule has 0 aromatic heterocycles. The van der Waals surface area contributed by atoms with Gasteiger partial charge in [-0.05, 0) is 36.2 Å². The number of fused-ring (bicyclic) bond motifs is 1. The van der Waals surface area contributed by atoms with Crippen molar-refractivity contribution >= 4 is 17.8 Å². The number of nitrogens with zero attached hydrogens (tertiary/aromatic N) is 1. The smallest absolute Gasteiger partial charge is 0.337 e. The zero-order chi connectivity index (χ0) is 19.9. The number of hydrogen-bond donors (Lipinski definition) is 0. The maximum atomic E-state index is 12.2. The van der Waals surface area contributed by atoms with Crippen molar-refractivity contribution < 1.29 is 24.0 Å². The Balaban J connectivity index is 1.50. The van der Waals surface area contributed by atoms with E-state index in [9.17, 15) is 14.4 Å². The molecule has 2 amide bonds. The van der Waals surface area contributed by atoms with E-state index in [-0.39, 0.29) is 17.5 Å². The molecule has 1 aliphatic rings. The normalized spacial score (nSPS) is 12.8. The highest BCUT2D eigenvalue weighted by molar-refractivity contribution is 6.20. The molecule has 0 fully saturated rings. The second-order valence-corrected chi connectivity index (χ2v) is 6.64. The topological polar surface area (TPSA) is 72.9 Å². The molecule has 0 aliphatic carbocycles. The van der Waals surface area contributed by atoms with E-state index in [1.807, 2.05) is 0 Å². The Morgan fingerprint density at radius 2 is 1.54 bits per heavy atom. The van der Waals surface area contributed by atoms with E-state index in [4.69, 9.17) is 9.57 Å². The predicted molar refractivity (Wildman–Crippen MR) is 103 cm³/mol. The highest BCUT2D eigenvalue weighted by Gasteiger charge is 2.38. The summed E-state index contributed by atoms with van der Waals surface area (Å²) in [4.78, 5) is 41.6. The van der Waals surface area contributed by atoms with Gasteiger partial charge in [0.05, 0.1) is 24.2 Å². The third-order valence-electron chi connectivity index (χ3n) is 4.49. The highest BCUT2D eigenvalue weighted by Crippen LogP contribution is 2.23. The molecule has 0 atom stereocenters. The number of imide groups is 1. The number of ether oxygens (including phenoxy) is 1. The first-order chi connectivity index (χ1) is 13.6. The molecule has 6 nitrogen and oxygen atoms in total. The van der Waals surface area contributed by atoms with Gasteiger partial charge in [-0.2, -0.15) is 0 Å². The number of carbonyl (C=O) groups excluding carboxylic acids is 3. The molecule has 0 spiro atoms. The lowest BCUT2D eigenvalue weighted by Gasteiger charge is -2.13. The maximum absolute atomic E-state index is 12.2. The van der Waals surface area contributed by atoms with Crippen molar-refractivity contribution in [1.29, 1.82) is 0 Å². The summed E-state index contributed by atoms with van der Waals surface area (Å²) in [6.07, 6.45) is 4.51.